The van der Waals surface area contributed by atoms with E-state index in [9.17, 15) is 0 Å². The first-order valence-electron chi connectivity index (χ1n) is 5.45. The fourth-order valence-electron chi connectivity index (χ4n) is 2.09. The number of rotatable bonds is 2. The van der Waals surface area contributed by atoms with Crippen LogP contribution in [0.2, 0.25) is 0 Å². The molecule has 1 aliphatic heterocycles. The van der Waals surface area contributed by atoms with Crippen LogP contribution >= 0.6 is 0 Å². The van der Waals surface area contributed by atoms with Gasteiger partial charge < -0.3 is 4.90 Å². The average Bonchev–Trinajstić information content (AvgIpc) is 2.29. The molecule has 80 valence electrons. The van der Waals surface area contributed by atoms with Gasteiger partial charge in [0.2, 0.25) is 0 Å². The van der Waals surface area contributed by atoms with Gasteiger partial charge in [-0.25, -0.2) is 0 Å². The van der Waals surface area contributed by atoms with Crippen LogP contribution in [0.1, 0.15) is 20.3 Å². The van der Waals surface area contributed by atoms with Crippen molar-refractivity contribution >= 4 is 0 Å². The molecule has 2 unspecified atom stereocenters. The minimum Gasteiger partial charge on any atom is -0.305 e. The third kappa shape index (κ3) is 3.28. The summed E-state index contributed by atoms with van der Waals surface area (Å²) in [6.07, 6.45) is 1.22. The van der Waals surface area contributed by atoms with E-state index >= 15 is 0 Å². The van der Waals surface area contributed by atoms with Gasteiger partial charge in [-0.05, 0) is 40.4 Å². The molecule has 0 aromatic rings. The van der Waals surface area contributed by atoms with E-state index in [2.05, 4.69) is 29.8 Å². The standard InChI is InChI=1S/C11H21N3/c1-10(7-12)8-14-6-4-5-13(3)9-11(14)2/h10-11H,4-6,8-9H2,1-3H3. The highest BCUT2D eigenvalue weighted by Gasteiger charge is 2.20. The SMILES string of the molecule is CC(C#N)CN1CCCN(C)CC1C. The summed E-state index contributed by atoms with van der Waals surface area (Å²) in [7, 11) is 2.17. The molecule has 1 rings (SSSR count). The summed E-state index contributed by atoms with van der Waals surface area (Å²) in [5.74, 6) is 0.154. The fourth-order valence-corrected chi connectivity index (χ4v) is 2.09. The van der Waals surface area contributed by atoms with Crippen LogP contribution in [0.3, 0.4) is 0 Å². The summed E-state index contributed by atoms with van der Waals surface area (Å²) in [5, 5.41) is 8.79. The highest BCUT2D eigenvalue weighted by molar-refractivity contribution is 4.84. The van der Waals surface area contributed by atoms with Gasteiger partial charge in [0, 0.05) is 19.1 Å². The van der Waals surface area contributed by atoms with Crippen LogP contribution in [0.5, 0.6) is 0 Å². The van der Waals surface area contributed by atoms with Crippen LogP contribution in [0.25, 0.3) is 0 Å². The first kappa shape index (κ1) is 11.5. The normalized spacial score (nSPS) is 28.0. The molecule has 2 atom stereocenters. The Morgan fingerprint density at radius 2 is 2.21 bits per heavy atom. The summed E-state index contributed by atoms with van der Waals surface area (Å²) in [6.45, 7) is 8.62. The zero-order valence-electron chi connectivity index (χ0n) is 9.53. The maximum Gasteiger partial charge on any atom is 0.0666 e. The first-order valence-corrected chi connectivity index (χ1v) is 5.45. The molecule has 0 saturated carbocycles. The molecular weight excluding hydrogens is 174 g/mol. The van der Waals surface area contributed by atoms with E-state index < -0.39 is 0 Å². The van der Waals surface area contributed by atoms with Crippen LogP contribution in [-0.2, 0) is 0 Å². The molecule has 0 aliphatic carbocycles. The van der Waals surface area contributed by atoms with E-state index in [-0.39, 0.29) is 5.92 Å². The van der Waals surface area contributed by atoms with Crippen molar-refractivity contribution in [3.8, 4) is 6.07 Å². The van der Waals surface area contributed by atoms with E-state index in [4.69, 9.17) is 5.26 Å². The van der Waals surface area contributed by atoms with Crippen LogP contribution < -0.4 is 0 Å². The molecule has 0 spiro atoms. The van der Waals surface area contributed by atoms with Gasteiger partial charge in [-0.15, -0.1) is 0 Å². The molecule has 1 heterocycles. The van der Waals surface area contributed by atoms with Crippen molar-refractivity contribution < 1.29 is 0 Å². The Kier molecular flexibility index (Phi) is 4.37. The molecule has 3 nitrogen and oxygen atoms in total. The smallest absolute Gasteiger partial charge is 0.0666 e. The van der Waals surface area contributed by atoms with Crippen molar-refractivity contribution in [3.05, 3.63) is 0 Å². The molecule has 1 saturated heterocycles. The summed E-state index contributed by atoms with van der Waals surface area (Å²) >= 11 is 0. The van der Waals surface area contributed by atoms with Gasteiger partial charge in [0.25, 0.3) is 0 Å². The maximum atomic E-state index is 8.79. The van der Waals surface area contributed by atoms with Gasteiger partial charge in [-0.2, -0.15) is 5.26 Å². The lowest BCUT2D eigenvalue weighted by atomic mass is 10.1. The Morgan fingerprint density at radius 1 is 1.50 bits per heavy atom. The Hall–Kier alpha value is -0.590. The van der Waals surface area contributed by atoms with Crippen LogP contribution in [0.4, 0.5) is 0 Å². The van der Waals surface area contributed by atoms with Crippen LogP contribution in [0.15, 0.2) is 0 Å². The van der Waals surface area contributed by atoms with Crippen molar-refractivity contribution in [2.75, 3.05) is 33.2 Å². The zero-order chi connectivity index (χ0) is 10.6. The highest BCUT2D eigenvalue weighted by Crippen LogP contribution is 2.10. The molecule has 0 aromatic heterocycles. The second-order valence-corrected chi connectivity index (χ2v) is 4.49. The molecule has 14 heavy (non-hydrogen) atoms. The van der Waals surface area contributed by atoms with Crippen molar-refractivity contribution in [1.29, 1.82) is 5.26 Å². The molecule has 0 radical (unpaired) electrons. The quantitative estimate of drug-likeness (QED) is 0.662. The Bertz CT molecular complexity index is 209. The lowest BCUT2D eigenvalue weighted by molar-refractivity contribution is 0.190. The van der Waals surface area contributed by atoms with Gasteiger partial charge >= 0.3 is 0 Å². The molecular formula is C11H21N3. The van der Waals surface area contributed by atoms with Crippen molar-refractivity contribution in [2.45, 2.75) is 26.3 Å². The second-order valence-electron chi connectivity index (χ2n) is 4.49. The zero-order valence-corrected chi connectivity index (χ0v) is 9.53. The summed E-state index contributed by atoms with van der Waals surface area (Å²) < 4.78 is 0. The maximum absolute atomic E-state index is 8.79. The van der Waals surface area contributed by atoms with Crippen LogP contribution in [-0.4, -0.2) is 49.1 Å². The minimum atomic E-state index is 0.154. The largest absolute Gasteiger partial charge is 0.305 e. The third-order valence-electron chi connectivity index (χ3n) is 2.91. The summed E-state index contributed by atoms with van der Waals surface area (Å²) in [6, 6.07) is 2.89. The number of hydrogen-bond donors (Lipinski definition) is 0. The predicted molar refractivity (Wildman–Crippen MR) is 57.9 cm³/mol. The van der Waals surface area contributed by atoms with Gasteiger partial charge in [0.1, 0.15) is 0 Å². The molecule has 0 aromatic carbocycles. The predicted octanol–water partition coefficient (Wildman–Crippen LogP) is 1.17. The Balaban J connectivity index is 2.47. The number of hydrogen-bond acceptors (Lipinski definition) is 3. The molecule has 0 N–H and O–H groups in total. The lowest BCUT2D eigenvalue weighted by Gasteiger charge is -2.28. The van der Waals surface area contributed by atoms with Crippen molar-refractivity contribution in [1.82, 2.24) is 9.80 Å². The lowest BCUT2D eigenvalue weighted by Crippen LogP contribution is -2.40. The third-order valence-corrected chi connectivity index (χ3v) is 2.91. The summed E-state index contributed by atoms with van der Waals surface area (Å²) in [4.78, 5) is 4.82. The molecule has 1 aliphatic rings. The summed E-state index contributed by atoms with van der Waals surface area (Å²) in [5.41, 5.74) is 0. The molecule has 0 bridgehead atoms. The second kappa shape index (κ2) is 5.33. The first-order chi connectivity index (χ1) is 6.63. The Morgan fingerprint density at radius 3 is 2.86 bits per heavy atom. The Labute approximate surface area is 87.3 Å². The topological polar surface area (TPSA) is 30.3 Å². The molecule has 1 fully saturated rings. The van der Waals surface area contributed by atoms with E-state index in [1.54, 1.807) is 0 Å². The van der Waals surface area contributed by atoms with Crippen molar-refractivity contribution in [2.24, 2.45) is 5.92 Å². The fraction of sp³-hybridized carbons (Fsp3) is 0.909. The number of likely N-dealkylation sites (N-methyl/N-ethyl adjacent to an activating group) is 1. The van der Waals surface area contributed by atoms with Gasteiger partial charge in [0.15, 0.2) is 0 Å². The average molecular weight is 195 g/mol. The van der Waals surface area contributed by atoms with Crippen LogP contribution in [0, 0.1) is 17.2 Å². The highest BCUT2D eigenvalue weighted by atomic mass is 15.2. The number of nitrogens with zero attached hydrogens (tertiary/aromatic N) is 3. The molecule has 3 heteroatoms. The van der Waals surface area contributed by atoms with E-state index in [0.717, 1.165) is 19.6 Å². The van der Waals surface area contributed by atoms with Crippen molar-refractivity contribution in [3.63, 3.8) is 0 Å². The molecule has 0 amide bonds. The van der Waals surface area contributed by atoms with Gasteiger partial charge in [0.05, 0.1) is 12.0 Å². The van der Waals surface area contributed by atoms with E-state index in [1.165, 1.54) is 13.0 Å². The number of nitriles is 1. The van der Waals surface area contributed by atoms with E-state index in [0.29, 0.717) is 6.04 Å². The monoisotopic (exact) mass is 195 g/mol. The minimum absolute atomic E-state index is 0.154. The van der Waals surface area contributed by atoms with E-state index in [1.807, 2.05) is 6.92 Å². The van der Waals surface area contributed by atoms with Gasteiger partial charge in [-0.3, -0.25) is 4.90 Å². The van der Waals surface area contributed by atoms with Gasteiger partial charge in [-0.1, -0.05) is 0 Å².